The van der Waals surface area contributed by atoms with Crippen molar-refractivity contribution in [3.63, 3.8) is 0 Å². The van der Waals surface area contributed by atoms with E-state index in [2.05, 4.69) is 10.9 Å². The smallest absolute Gasteiger partial charge is 0.120 e. The van der Waals surface area contributed by atoms with Crippen LogP contribution in [0.3, 0.4) is 0 Å². The molecular formula is C14H12Cl2N2O. The monoisotopic (exact) mass is 294 g/mol. The fourth-order valence-electron chi connectivity index (χ4n) is 1.95. The summed E-state index contributed by atoms with van der Waals surface area (Å²) in [6.07, 6.45) is 10.5. The molecular weight excluding hydrogens is 283 g/mol. The van der Waals surface area contributed by atoms with Gasteiger partial charge in [0.15, 0.2) is 0 Å². The zero-order chi connectivity index (χ0) is 13.9. The van der Waals surface area contributed by atoms with Crippen LogP contribution in [0.2, 0.25) is 10.0 Å². The van der Waals surface area contributed by atoms with E-state index in [-0.39, 0.29) is 13.0 Å². The first-order chi connectivity index (χ1) is 9.05. The van der Waals surface area contributed by atoms with Crippen molar-refractivity contribution in [1.29, 1.82) is 0 Å². The Morgan fingerprint density at radius 1 is 1.42 bits per heavy atom. The fraction of sp³-hybridized carbons (Fsp3) is 0.214. The second-order valence-electron chi connectivity index (χ2n) is 4.27. The third kappa shape index (κ3) is 3.10. The molecule has 0 amide bonds. The molecule has 1 heterocycles. The minimum Gasteiger partial charge on any atom is -0.382 e. The number of aromatic nitrogens is 2. The van der Waals surface area contributed by atoms with Crippen LogP contribution in [0.15, 0.2) is 36.9 Å². The molecule has 1 unspecified atom stereocenters. The maximum absolute atomic E-state index is 10.8. The van der Waals surface area contributed by atoms with Gasteiger partial charge in [-0.25, -0.2) is 4.98 Å². The molecule has 1 atom stereocenters. The lowest BCUT2D eigenvalue weighted by Crippen LogP contribution is -2.31. The number of benzene rings is 1. The van der Waals surface area contributed by atoms with Crippen LogP contribution < -0.4 is 0 Å². The number of aliphatic hydroxyl groups is 1. The molecule has 0 fully saturated rings. The van der Waals surface area contributed by atoms with Crippen LogP contribution in [-0.4, -0.2) is 14.7 Å². The van der Waals surface area contributed by atoms with Crippen LogP contribution in [0, 0.1) is 12.3 Å². The van der Waals surface area contributed by atoms with Gasteiger partial charge in [0, 0.05) is 34.4 Å². The summed E-state index contributed by atoms with van der Waals surface area (Å²) in [6.45, 7) is 0.276. The Morgan fingerprint density at radius 2 is 2.21 bits per heavy atom. The molecule has 0 bridgehead atoms. The summed E-state index contributed by atoms with van der Waals surface area (Å²) in [6, 6.07) is 4.96. The lowest BCUT2D eigenvalue weighted by molar-refractivity contribution is 0.0236. The van der Waals surface area contributed by atoms with Gasteiger partial charge in [0.05, 0.1) is 12.9 Å². The van der Waals surface area contributed by atoms with Gasteiger partial charge >= 0.3 is 0 Å². The van der Waals surface area contributed by atoms with Crippen LogP contribution in [0.1, 0.15) is 12.0 Å². The second kappa shape index (κ2) is 5.66. The van der Waals surface area contributed by atoms with Crippen molar-refractivity contribution < 1.29 is 5.11 Å². The highest BCUT2D eigenvalue weighted by Crippen LogP contribution is 2.34. The van der Waals surface area contributed by atoms with Crippen molar-refractivity contribution >= 4 is 23.2 Å². The summed E-state index contributed by atoms with van der Waals surface area (Å²) in [5.41, 5.74) is -0.692. The third-order valence-corrected chi connectivity index (χ3v) is 3.38. The third-order valence-electron chi connectivity index (χ3n) is 2.83. The van der Waals surface area contributed by atoms with Crippen molar-refractivity contribution in [2.24, 2.45) is 0 Å². The molecule has 2 aromatic rings. The van der Waals surface area contributed by atoms with Crippen LogP contribution in [0.25, 0.3) is 0 Å². The quantitative estimate of drug-likeness (QED) is 0.880. The summed E-state index contributed by atoms with van der Waals surface area (Å²) in [5, 5.41) is 11.7. The minimum atomic E-state index is -1.25. The van der Waals surface area contributed by atoms with Gasteiger partial charge in [-0.15, -0.1) is 12.3 Å². The second-order valence-corrected chi connectivity index (χ2v) is 5.12. The SMILES string of the molecule is C#CCC(O)(Cn1ccnc1)c1ccc(Cl)cc1Cl. The zero-order valence-electron chi connectivity index (χ0n) is 10.1. The maximum Gasteiger partial charge on any atom is 0.120 e. The molecule has 0 saturated carbocycles. The Bertz CT molecular complexity index is 604. The van der Waals surface area contributed by atoms with E-state index in [1.807, 2.05) is 0 Å². The van der Waals surface area contributed by atoms with E-state index in [1.54, 1.807) is 41.5 Å². The zero-order valence-corrected chi connectivity index (χ0v) is 11.6. The van der Waals surface area contributed by atoms with E-state index >= 15 is 0 Å². The van der Waals surface area contributed by atoms with E-state index < -0.39 is 5.60 Å². The van der Waals surface area contributed by atoms with Crippen molar-refractivity contribution in [2.75, 3.05) is 0 Å². The van der Waals surface area contributed by atoms with Gasteiger partial charge in [-0.05, 0) is 12.1 Å². The molecule has 98 valence electrons. The van der Waals surface area contributed by atoms with Gasteiger partial charge in [0.25, 0.3) is 0 Å². The van der Waals surface area contributed by atoms with Crippen LogP contribution >= 0.6 is 23.2 Å². The molecule has 19 heavy (non-hydrogen) atoms. The number of rotatable bonds is 4. The summed E-state index contributed by atoms with van der Waals surface area (Å²) < 4.78 is 1.75. The molecule has 1 aromatic carbocycles. The molecule has 0 aliphatic rings. The molecule has 0 saturated heterocycles. The van der Waals surface area contributed by atoms with Crippen LogP contribution in [0.4, 0.5) is 0 Å². The topological polar surface area (TPSA) is 38.0 Å². The molecule has 0 aliphatic carbocycles. The van der Waals surface area contributed by atoms with Gasteiger partial charge in [-0.3, -0.25) is 0 Å². The highest BCUT2D eigenvalue weighted by Gasteiger charge is 2.31. The first-order valence-corrected chi connectivity index (χ1v) is 6.38. The number of hydrogen-bond donors (Lipinski definition) is 1. The van der Waals surface area contributed by atoms with Crippen LogP contribution in [0.5, 0.6) is 0 Å². The molecule has 1 N–H and O–H groups in total. The number of nitrogens with zero attached hydrogens (tertiary/aromatic N) is 2. The lowest BCUT2D eigenvalue weighted by Gasteiger charge is -2.28. The largest absolute Gasteiger partial charge is 0.382 e. The highest BCUT2D eigenvalue weighted by atomic mass is 35.5. The lowest BCUT2D eigenvalue weighted by atomic mass is 9.90. The average molecular weight is 295 g/mol. The van der Waals surface area contributed by atoms with Crippen molar-refractivity contribution in [1.82, 2.24) is 9.55 Å². The molecule has 3 nitrogen and oxygen atoms in total. The summed E-state index contributed by atoms with van der Waals surface area (Å²) in [4.78, 5) is 3.94. The summed E-state index contributed by atoms with van der Waals surface area (Å²) in [5.74, 6) is 2.49. The van der Waals surface area contributed by atoms with E-state index in [0.717, 1.165) is 0 Å². The average Bonchev–Trinajstić information content (AvgIpc) is 2.81. The molecule has 0 spiro atoms. The predicted octanol–water partition coefficient (Wildman–Crippen LogP) is 3.10. The standard InChI is InChI=1S/C14H12Cl2N2O/c1-2-5-14(19,9-18-7-6-17-10-18)12-4-3-11(15)8-13(12)16/h1,3-4,6-8,10,19H,5,9H2. The van der Waals surface area contributed by atoms with E-state index in [4.69, 9.17) is 29.6 Å². The van der Waals surface area contributed by atoms with Crippen molar-refractivity contribution in [3.8, 4) is 12.3 Å². The Hall–Kier alpha value is -1.47. The van der Waals surface area contributed by atoms with E-state index in [0.29, 0.717) is 15.6 Å². The molecule has 0 radical (unpaired) electrons. The number of hydrogen-bond acceptors (Lipinski definition) is 2. The Balaban J connectivity index is 2.41. The molecule has 2 rings (SSSR count). The van der Waals surface area contributed by atoms with Gasteiger partial charge in [0.1, 0.15) is 5.60 Å². The summed E-state index contributed by atoms with van der Waals surface area (Å²) in [7, 11) is 0. The van der Waals surface area contributed by atoms with Gasteiger partial charge < -0.3 is 9.67 Å². The molecule has 1 aromatic heterocycles. The number of imidazole rings is 1. The van der Waals surface area contributed by atoms with Gasteiger partial charge in [0.2, 0.25) is 0 Å². The first kappa shape index (κ1) is 14.0. The van der Waals surface area contributed by atoms with Crippen molar-refractivity contribution in [2.45, 2.75) is 18.6 Å². The number of halogens is 2. The Kier molecular flexibility index (Phi) is 4.16. The molecule has 5 heteroatoms. The highest BCUT2D eigenvalue weighted by molar-refractivity contribution is 6.35. The normalized spacial score (nSPS) is 13.8. The van der Waals surface area contributed by atoms with Gasteiger partial charge in [-0.2, -0.15) is 0 Å². The fourth-order valence-corrected chi connectivity index (χ4v) is 2.54. The Labute approximate surface area is 121 Å². The predicted molar refractivity (Wildman–Crippen MR) is 76.0 cm³/mol. The Morgan fingerprint density at radius 3 is 2.79 bits per heavy atom. The maximum atomic E-state index is 10.8. The van der Waals surface area contributed by atoms with E-state index in [9.17, 15) is 5.11 Å². The minimum absolute atomic E-state index is 0.145. The van der Waals surface area contributed by atoms with Gasteiger partial charge in [-0.1, -0.05) is 29.3 Å². The first-order valence-electron chi connectivity index (χ1n) is 5.62. The van der Waals surface area contributed by atoms with E-state index in [1.165, 1.54) is 0 Å². The summed E-state index contributed by atoms with van der Waals surface area (Å²) >= 11 is 12.0. The number of terminal acetylenes is 1. The molecule has 0 aliphatic heterocycles. The van der Waals surface area contributed by atoms with Crippen LogP contribution in [-0.2, 0) is 12.1 Å². The van der Waals surface area contributed by atoms with Crippen molar-refractivity contribution in [3.05, 3.63) is 52.5 Å².